The second kappa shape index (κ2) is 7.96. The van der Waals surface area contributed by atoms with Crippen molar-refractivity contribution in [2.24, 2.45) is 0 Å². The second-order valence-electron chi connectivity index (χ2n) is 7.88. The Hall–Kier alpha value is -1.60. The van der Waals surface area contributed by atoms with E-state index in [2.05, 4.69) is 20.8 Å². The average Bonchev–Trinajstić information content (AvgIpc) is 2.79. The number of carbonyl (C=O) groups is 1. The number of hydrogen-bond donors (Lipinski definition) is 0. The van der Waals surface area contributed by atoms with Gasteiger partial charge < -0.3 is 9.64 Å². The first-order valence-electron chi connectivity index (χ1n) is 8.99. The van der Waals surface area contributed by atoms with Gasteiger partial charge in [0.05, 0.1) is 6.26 Å². The summed E-state index contributed by atoms with van der Waals surface area (Å²) in [6, 6.07) is 7.81. The van der Waals surface area contributed by atoms with Gasteiger partial charge in [-0.2, -0.15) is 0 Å². The summed E-state index contributed by atoms with van der Waals surface area (Å²) in [5.74, 6) is 0.548. The summed E-state index contributed by atoms with van der Waals surface area (Å²) in [4.78, 5) is 14.4. The zero-order chi connectivity index (χ0) is 19.5. The van der Waals surface area contributed by atoms with E-state index in [9.17, 15) is 13.2 Å². The van der Waals surface area contributed by atoms with Crippen LogP contribution in [0.5, 0.6) is 5.75 Å². The van der Waals surface area contributed by atoms with Gasteiger partial charge >= 0.3 is 0 Å². The molecule has 1 aromatic carbocycles. The van der Waals surface area contributed by atoms with Crippen molar-refractivity contribution in [1.29, 1.82) is 0 Å². The van der Waals surface area contributed by atoms with Gasteiger partial charge in [-0.25, -0.2) is 12.7 Å². The molecule has 146 valence electrons. The van der Waals surface area contributed by atoms with Gasteiger partial charge in [0.2, 0.25) is 10.0 Å². The maximum absolute atomic E-state index is 12.7. The van der Waals surface area contributed by atoms with E-state index in [1.807, 2.05) is 24.3 Å². The van der Waals surface area contributed by atoms with Crippen molar-refractivity contribution in [2.75, 3.05) is 32.4 Å². The molecule has 1 saturated heterocycles. The van der Waals surface area contributed by atoms with Gasteiger partial charge in [-0.3, -0.25) is 4.79 Å². The number of amides is 1. The van der Waals surface area contributed by atoms with Crippen molar-refractivity contribution in [1.82, 2.24) is 9.21 Å². The van der Waals surface area contributed by atoms with Crippen molar-refractivity contribution in [3.05, 3.63) is 29.8 Å². The normalized spacial score (nSPS) is 18.3. The number of benzene rings is 1. The van der Waals surface area contributed by atoms with Crippen LogP contribution in [0.3, 0.4) is 0 Å². The quantitative estimate of drug-likeness (QED) is 0.801. The first-order chi connectivity index (χ1) is 12.0. The first kappa shape index (κ1) is 20.7. The predicted molar refractivity (Wildman–Crippen MR) is 103 cm³/mol. The van der Waals surface area contributed by atoms with E-state index in [1.165, 1.54) is 16.1 Å². The van der Waals surface area contributed by atoms with Gasteiger partial charge in [-0.1, -0.05) is 32.9 Å². The molecule has 0 spiro atoms. The van der Waals surface area contributed by atoms with E-state index in [0.29, 0.717) is 38.3 Å². The second-order valence-corrected chi connectivity index (χ2v) is 9.86. The molecule has 6 nitrogen and oxygen atoms in total. The fourth-order valence-electron chi connectivity index (χ4n) is 2.99. The molecule has 7 heteroatoms. The Morgan fingerprint density at radius 3 is 2.23 bits per heavy atom. The van der Waals surface area contributed by atoms with Crippen LogP contribution in [-0.2, 0) is 20.2 Å². The lowest BCUT2D eigenvalue weighted by Gasteiger charge is -2.25. The summed E-state index contributed by atoms with van der Waals surface area (Å²) < 4.78 is 30.6. The molecule has 0 bridgehead atoms. The standard InChI is InChI=1S/C19H30N2O4S/c1-15(25-17-9-7-16(8-10-17)19(2,3)4)18(22)20-11-6-12-21(14-13-20)26(5,23)24/h7-10,15H,6,11-14H2,1-5H3. The topological polar surface area (TPSA) is 66.9 Å². The number of carbonyl (C=O) groups excluding carboxylic acids is 1. The zero-order valence-corrected chi connectivity index (χ0v) is 17.2. The Morgan fingerprint density at radius 1 is 1.08 bits per heavy atom. The van der Waals surface area contributed by atoms with Crippen LogP contribution in [0.1, 0.15) is 39.7 Å². The summed E-state index contributed by atoms with van der Waals surface area (Å²) in [6.07, 6.45) is 1.23. The minimum Gasteiger partial charge on any atom is -0.481 e. The molecule has 1 aliphatic rings. The minimum atomic E-state index is -3.22. The van der Waals surface area contributed by atoms with Gasteiger partial charge in [0.1, 0.15) is 5.75 Å². The van der Waals surface area contributed by atoms with Crippen molar-refractivity contribution in [3.63, 3.8) is 0 Å². The van der Waals surface area contributed by atoms with Crippen molar-refractivity contribution in [3.8, 4) is 5.75 Å². The van der Waals surface area contributed by atoms with Crippen molar-refractivity contribution < 1.29 is 17.9 Å². The molecule has 1 unspecified atom stereocenters. The van der Waals surface area contributed by atoms with Crippen LogP contribution >= 0.6 is 0 Å². The Morgan fingerprint density at radius 2 is 1.69 bits per heavy atom. The number of ether oxygens (including phenoxy) is 1. The molecule has 0 radical (unpaired) electrons. The maximum atomic E-state index is 12.7. The van der Waals surface area contributed by atoms with Crippen molar-refractivity contribution in [2.45, 2.75) is 45.6 Å². The van der Waals surface area contributed by atoms with Crippen LogP contribution in [0.15, 0.2) is 24.3 Å². The third-order valence-corrected chi connectivity index (χ3v) is 5.92. The van der Waals surface area contributed by atoms with E-state index >= 15 is 0 Å². The van der Waals surface area contributed by atoms with Gasteiger partial charge in [-0.15, -0.1) is 0 Å². The molecule has 2 rings (SSSR count). The first-order valence-corrected chi connectivity index (χ1v) is 10.8. The van der Waals surface area contributed by atoms with Crippen LogP contribution in [0.4, 0.5) is 0 Å². The zero-order valence-electron chi connectivity index (χ0n) is 16.4. The van der Waals surface area contributed by atoms with Gasteiger partial charge in [0.15, 0.2) is 6.10 Å². The van der Waals surface area contributed by atoms with Crippen LogP contribution in [0.2, 0.25) is 0 Å². The van der Waals surface area contributed by atoms with Gasteiger partial charge in [-0.05, 0) is 36.5 Å². The summed E-state index contributed by atoms with van der Waals surface area (Å²) in [5.41, 5.74) is 1.27. The number of nitrogens with zero attached hydrogens (tertiary/aromatic N) is 2. The van der Waals surface area contributed by atoms with E-state index in [-0.39, 0.29) is 11.3 Å². The Bertz CT molecular complexity index is 723. The van der Waals surface area contributed by atoms with E-state index in [4.69, 9.17) is 4.74 Å². The minimum absolute atomic E-state index is 0.0670. The molecule has 0 N–H and O–H groups in total. The van der Waals surface area contributed by atoms with E-state index < -0.39 is 16.1 Å². The summed E-state index contributed by atoms with van der Waals surface area (Å²) in [6.45, 7) is 9.89. The molecule has 0 aromatic heterocycles. The lowest BCUT2D eigenvalue weighted by atomic mass is 9.87. The summed E-state index contributed by atoms with van der Waals surface area (Å²) in [7, 11) is -3.22. The third kappa shape index (κ3) is 5.45. The molecule has 0 aliphatic carbocycles. The molecule has 1 fully saturated rings. The average molecular weight is 383 g/mol. The SMILES string of the molecule is CC(Oc1ccc(C(C)(C)C)cc1)C(=O)N1CCCN(S(C)(=O)=O)CC1. The fraction of sp³-hybridized carbons (Fsp3) is 0.632. The number of rotatable bonds is 4. The van der Waals surface area contributed by atoms with E-state index in [1.54, 1.807) is 11.8 Å². The highest BCUT2D eigenvalue weighted by molar-refractivity contribution is 7.88. The molecule has 0 saturated carbocycles. The van der Waals surface area contributed by atoms with Crippen molar-refractivity contribution >= 4 is 15.9 Å². The molecule has 1 aliphatic heterocycles. The monoisotopic (exact) mass is 382 g/mol. The lowest BCUT2D eigenvalue weighted by molar-refractivity contribution is -0.137. The highest BCUT2D eigenvalue weighted by Crippen LogP contribution is 2.24. The number of sulfonamides is 1. The van der Waals surface area contributed by atoms with Crippen LogP contribution in [-0.4, -0.2) is 62.1 Å². The van der Waals surface area contributed by atoms with Crippen LogP contribution in [0, 0.1) is 0 Å². The smallest absolute Gasteiger partial charge is 0.263 e. The summed E-state index contributed by atoms with van der Waals surface area (Å²) >= 11 is 0. The molecule has 1 aromatic rings. The molecular weight excluding hydrogens is 352 g/mol. The largest absolute Gasteiger partial charge is 0.481 e. The lowest BCUT2D eigenvalue weighted by Crippen LogP contribution is -2.42. The molecule has 1 heterocycles. The maximum Gasteiger partial charge on any atom is 0.263 e. The molecule has 26 heavy (non-hydrogen) atoms. The highest BCUT2D eigenvalue weighted by atomic mass is 32.2. The Balaban J connectivity index is 1.97. The van der Waals surface area contributed by atoms with Crippen LogP contribution < -0.4 is 4.74 Å². The summed E-state index contributed by atoms with van der Waals surface area (Å²) in [5, 5.41) is 0. The highest BCUT2D eigenvalue weighted by Gasteiger charge is 2.27. The Kier molecular flexibility index (Phi) is 6.34. The third-order valence-electron chi connectivity index (χ3n) is 4.62. The Labute approximate surface area is 157 Å². The molecular formula is C19H30N2O4S. The van der Waals surface area contributed by atoms with E-state index in [0.717, 1.165) is 0 Å². The van der Waals surface area contributed by atoms with Gasteiger partial charge in [0, 0.05) is 26.2 Å². The predicted octanol–water partition coefficient (Wildman–Crippen LogP) is 2.25. The number of hydrogen-bond acceptors (Lipinski definition) is 4. The van der Waals surface area contributed by atoms with Crippen LogP contribution in [0.25, 0.3) is 0 Å². The van der Waals surface area contributed by atoms with Gasteiger partial charge in [0.25, 0.3) is 5.91 Å². The molecule has 1 amide bonds. The molecule has 1 atom stereocenters. The fourth-order valence-corrected chi connectivity index (χ4v) is 3.86.